The van der Waals surface area contributed by atoms with Crippen molar-refractivity contribution in [3.8, 4) is 73.6 Å². The van der Waals surface area contributed by atoms with Gasteiger partial charge in [0, 0.05) is 54.9 Å². The molecule has 0 aliphatic heterocycles. The van der Waals surface area contributed by atoms with Crippen molar-refractivity contribution in [1.29, 1.82) is 5.26 Å². The predicted molar refractivity (Wildman–Crippen MR) is 269 cm³/mol. The smallest absolute Gasteiger partial charge is 0.189 e. The SMILES string of the molecule is [C-]#[N+]c1cc(C#N)cc(-c2ccc3c(c2)c2ccccc2n3-c2cc(-c3nc(-c4ccccc4)cc(-c4ccccc4)n3)ccc2-c2ccccc2-n2c3ccccc3c3ccccc32)c1. The van der Waals surface area contributed by atoms with E-state index < -0.39 is 0 Å². The van der Waals surface area contributed by atoms with Crippen LogP contribution in [0, 0.1) is 17.9 Å². The zero-order chi connectivity index (χ0) is 44.1. The van der Waals surface area contributed by atoms with E-state index in [2.05, 4.69) is 184 Å². The maximum Gasteiger partial charge on any atom is 0.189 e. The average Bonchev–Trinajstić information content (AvgIpc) is 3.91. The van der Waals surface area contributed by atoms with Gasteiger partial charge in [0.2, 0.25) is 0 Å². The van der Waals surface area contributed by atoms with Crippen LogP contribution in [-0.4, -0.2) is 19.1 Å². The molecule has 0 radical (unpaired) electrons. The summed E-state index contributed by atoms with van der Waals surface area (Å²) < 4.78 is 4.76. The zero-order valence-corrected chi connectivity index (χ0v) is 35.5. The fraction of sp³-hybridized carbons (Fsp3) is 0. The first-order chi connectivity index (χ1) is 32.6. The lowest BCUT2D eigenvalue weighted by molar-refractivity contribution is 1.15. The standard InChI is InChI=1S/C60H36N6/c1-62-45-33-39(38-61)32-44(34-45)42-29-31-58-51(35-42)49-23-11-15-27-57(49)66(58)59-36-43(60-63-52(40-16-4-2-5-17-40)37-53(64-60)41-18-6-3-7-19-41)28-30-50(59)48-22-10-14-26-56(48)65-54-24-12-8-20-46(54)47-21-9-13-25-55(47)65/h2-37H. The van der Waals surface area contributed by atoms with Gasteiger partial charge in [-0.2, -0.15) is 5.26 Å². The van der Waals surface area contributed by atoms with Crippen molar-refractivity contribution in [2.75, 3.05) is 0 Å². The Kier molecular flexibility index (Phi) is 9.16. The summed E-state index contributed by atoms with van der Waals surface area (Å²) in [5, 5.41) is 14.4. The third-order valence-electron chi connectivity index (χ3n) is 12.6. The maximum absolute atomic E-state index is 9.86. The number of para-hydroxylation sites is 4. The van der Waals surface area contributed by atoms with Crippen LogP contribution in [0.2, 0.25) is 0 Å². The molecule has 0 saturated heterocycles. The van der Waals surface area contributed by atoms with Crippen molar-refractivity contribution in [1.82, 2.24) is 19.1 Å². The summed E-state index contributed by atoms with van der Waals surface area (Å²) in [6.45, 7) is 7.74. The highest BCUT2D eigenvalue weighted by Gasteiger charge is 2.22. The number of nitrogens with zero attached hydrogens (tertiary/aromatic N) is 6. The molecular formula is C60H36N6. The second-order valence-electron chi connectivity index (χ2n) is 16.4. The van der Waals surface area contributed by atoms with Gasteiger partial charge in [-0.1, -0.05) is 152 Å². The van der Waals surface area contributed by atoms with E-state index >= 15 is 0 Å². The number of fused-ring (bicyclic) bond motifs is 6. The Labute approximate surface area is 381 Å². The summed E-state index contributed by atoms with van der Waals surface area (Å²) in [6, 6.07) is 77.7. The second-order valence-corrected chi connectivity index (χ2v) is 16.4. The third-order valence-corrected chi connectivity index (χ3v) is 12.6. The van der Waals surface area contributed by atoms with Crippen molar-refractivity contribution in [3.05, 3.63) is 235 Å². The molecule has 66 heavy (non-hydrogen) atoms. The van der Waals surface area contributed by atoms with Crippen LogP contribution in [0.4, 0.5) is 5.69 Å². The molecule has 0 spiro atoms. The van der Waals surface area contributed by atoms with Crippen LogP contribution in [0.5, 0.6) is 0 Å². The quantitative estimate of drug-likeness (QED) is 0.150. The van der Waals surface area contributed by atoms with E-state index in [1.165, 1.54) is 10.8 Å². The molecule has 0 atom stereocenters. The number of aromatic nitrogens is 4. The van der Waals surface area contributed by atoms with Crippen LogP contribution in [-0.2, 0) is 0 Å². The molecule has 3 aromatic heterocycles. The molecule has 0 unspecified atom stereocenters. The Morgan fingerprint density at radius 2 is 0.909 bits per heavy atom. The van der Waals surface area contributed by atoms with Gasteiger partial charge in [0.25, 0.3) is 0 Å². The number of rotatable bonds is 7. The summed E-state index contributed by atoms with van der Waals surface area (Å²) in [5.41, 5.74) is 15.7. The molecule has 0 fully saturated rings. The Balaban J connectivity index is 1.15. The molecule has 9 aromatic carbocycles. The van der Waals surface area contributed by atoms with Crippen LogP contribution >= 0.6 is 0 Å². The molecule has 6 heteroatoms. The monoisotopic (exact) mass is 840 g/mol. The predicted octanol–water partition coefficient (Wildman–Crippen LogP) is 15.4. The van der Waals surface area contributed by atoms with Gasteiger partial charge in [0.05, 0.1) is 57.5 Å². The van der Waals surface area contributed by atoms with E-state index in [0.29, 0.717) is 17.1 Å². The lowest BCUT2D eigenvalue weighted by Crippen LogP contribution is -2.03. The minimum absolute atomic E-state index is 0.434. The van der Waals surface area contributed by atoms with Gasteiger partial charge in [0.15, 0.2) is 11.5 Å². The van der Waals surface area contributed by atoms with Gasteiger partial charge in [-0.15, -0.1) is 0 Å². The van der Waals surface area contributed by atoms with Crippen molar-refractivity contribution in [2.24, 2.45) is 0 Å². The number of benzene rings is 9. The molecule has 6 nitrogen and oxygen atoms in total. The highest BCUT2D eigenvalue weighted by atomic mass is 15.0. The van der Waals surface area contributed by atoms with Gasteiger partial charge < -0.3 is 9.13 Å². The normalized spacial score (nSPS) is 11.3. The molecule has 0 saturated carbocycles. The van der Waals surface area contributed by atoms with Gasteiger partial charge in [-0.3, -0.25) is 0 Å². The van der Waals surface area contributed by atoms with Crippen LogP contribution in [0.1, 0.15) is 5.56 Å². The van der Waals surface area contributed by atoms with E-state index in [0.717, 1.165) is 94.5 Å². The fourth-order valence-electron chi connectivity index (χ4n) is 9.57. The summed E-state index contributed by atoms with van der Waals surface area (Å²) in [7, 11) is 0. The van der Waals surface area contributed by atoms with Crippen LogP contribution in [0.25, 0.3) is 116 Å². The first kappa shape index (κ1) is 38.3. The Morgan fingerprint density at radius 3 is 1.53 bits per heavy atom. The minimum Gasteiger partial charge on any atom is -0.309 e. The molecule has 306 valence electrons. The number of nitriles is 1. The molecule has 3 heterocycles. The van der Waals surface area contributed by atoms with E-state index in [1.54, 1.807) is 6.07 Å². The van der Waals surface area contributed by atoms with E-state index in [4.69, 9.17) is 16.5 Å². The lowest BCUT2D eigenvalue weighted by Gasteiger charge is -2.20. The molecule has 0 aliphatic carbocycles. The molecule has 0 N–H and O–H groups in total. The van der Waals surface area contributed by atoms with Gasteiger partial charge >= 0.3 is 0 Å². The Hall–Kier alpha value is -9.36. The van der Waals surface area contributed by atoms with E-state index in [9.17, 15) is 5.26 Å². The average molecular weight is 841 g/mol. The molecular weight excluding hydrogens is 805 g/mol. The van der Waals surface area contributed by atoms with Crippen LogP contribution < -0.4 is 0 Å². The maximum atomic E-state index is 9.86. The summed E-state index contributed by atoms with van der Waals surface area (Å²) >= 11 is 0. The zero-order valence-electron chi connectivity index (χ0n) is 35.5. The highest BCUT2D eigenvalue weighted by molar-refractivity contribution is 6.12. The Bertz CT molecular complexity index is 3820. The summed E-state index contributed by atoms with van der Waals surface area (Å²) in [4.78, 5) is 14.2. The van der Waals surface area contributed by atoms with Crippen LogP contribution in [0.15, 0.2) is 218 Å². The fourth-order valence-corrected chi connectivity index (χ4v) is 9.57. The van der Waals surface area contributed by atoms with Gasteiger partial charge in [0.1, 0.15) is 0 Å². The molecule has 0 amide bonds. The van der Waals surface area contributed by atoms with E-state index in [1.807, 2.05) is 48.5 Å². The second kappa shape index (κ2) is 15.8. The molecule has 0 aliphatic rings. The molecule has 0 bridgehead atoms. The van der Waals surface area contributed by atoms with Gasteiger partial charge in [-0.05, 0) is 77.9 Å². The minimum atomic E-state index is 0.434. The van der Waals surface area contributed by atoms with Crippen molar-refractivity contribution >= 4 is 49.3 Å². The van der Waals surface area contributed by atoms with Crippen molar-refractivity contribution in [2.45, 2.75) is 0 Å². The molecule has 12 rings (SSSR count). The van der Waals surface area contributed by atoms with Gasteiger partial charge in [-0.25, -0.2) is 14.8 Å². The third kappa shape index (κ3) is 6.41. The van der Waals surface area contributed by atoms with Crippen molar-refractivity contribution < 1.29 is 0 Å². The highest BCUT2D eigenvalue weighted by Crippen LogP contribution is 2.43. The first-order valence-corrected chi connectivity index (χ1v) is 21.8. The summed E-state index contributed by atoms with van der Waals surface area (Å²) in [6.07, 6.45) is 0. The molecule has 12 aromatic rings. The van der Waals surface area contributed by atoms with Crippen LogP contribution in [0.3, 0.4) is 0 Å². The summed E-state index contributed by atoms with van der Waals surface area (Å²) in [5.74, 6) is 0.620. The van der Waals surface area contributed by atoms with E-state index in [-0.39, 0.29) is 0 Å². The van der Waals surface area contributed by atoms with Crippen molar-refractivity contribution in [3.63, 3.8) is 0 Å². The largest absolute Gasteiger partial charge is 0.309 e. The number of hydrogen-bond donors (Lipinski definition) is 0. The topological polar surface area (TPSA) is 63.8 Å². The Morgan fingerprint density at radius 1 is 0.394 bits per heavy atom. The number of hydrogen-bond acceptors (Lipinski definition) is 3. The lowest BCUT2D eigenvalue weighted by atomic mass is 9.98. The first-order valence-electron chi connectivity index (χ1n) is 21.8.